The number of hydrogen-bond acceptors (Lipinski definition) is 25. The monoisotopic (exact) mass is 2030 g/mol. The number of urea groups is 3. The van der Waals surface area contributed by atoms with Crippen molar-refractivity contribution in [2.45, 2.75) is 238 Å². The summed E-state index contributed by atoms with van der Waals surface area (Å²) in [6.45, 7) is 22.9. The molecule has 4 aromatic heterocycles. The Morgan fingerprint density at radius 3 is 0.985 bits per heavy atom. The van der Waals surface area contributed by atoms with Gasteiger partial charge < -0.3 is 74.6 Å². The molecule has 0 radical (unpaired) electrons. The lowest BCUT2D eigenvalue weighted by molar-refractivity contribution is -0.0726. The van der Waals surface area contributed by atoms with Gasteiger partial charge in [0.05, 0.1) is 111 Å². The van der Waals surface area contributed by atoms with E-state index in [-0.39, 0.29) is 68.8 Å². The van der Waals surface area contributed by atoms with Crippen molar-refractivity contribution in [2.75, 3.05) is 185 Å². The fourth-order valence-corrected chi connectivity index (χ4v) is 22.6. The maximum Gasteiger partial charge on any atom is 0.410 e. The van der Waals surface area contributed by atoms with Gasteiger partial charge in [-0.2, -0.15) is 0 Å². The van der Waals surface area contributed by atoms with Crippen LogP contribution in [0.5, 0.6) is 0 Å². The number of aromatic nitrogens is 8. The average Bonchev–Trinajstić information content (AvgIpc) is 1.59. The molecule has 33 nitrogen and oxygen atoms in total. The summed E-state index contributed by atoms with van der Waals surface area (Å²) in [7, 11) is 13.0. The number of carbonyl (C=O) groups excluding carboxylic acids is 5. The van der Waals surface area contributed by atoms with Crippen molar-refractivity contribution in [3.8, 4) is 0 Å². The first-order valence-electron chi connectivity index (χ1n) is 49.0. The minimum absolute atomic E-state index is 0.00221. The van der Waals surface area contributed by atoms with Crippen LogP contribution >= 0.6 is 43.5 Å². The van der Waals surface area contributed by atoms with Crippen LogP contribution in [0.3, 0.4) is 0 Å². The number of benzene rings is 3. The topological polar surface area (TPSA) is 334 Å². The van der Waals surface area contributed by atoms with Crippen molar-refractivity contribution >= 4 is 103 Å². The van der Waals surface area contributed by atoms with E-state index in [1.54, 1.807) is 59.4 Å². The minimum Gasteiger partial charge on any atom is -0.444 e. The molecule has 6 aliphatic carbocycles. The summed E-state index contributed by atoms with van der Waals surface area (Å²) < 4.78 is 12.6. The summed E-state index contributed by atoms with van der Waals surface area (Å²) in [5, 5.41) is 39.7. The van der Waals surface area contributed by atoms with E-state index >= 15 is 0 Å². The molecule has 36 heteroatoms. The number of halogens is 3. The van der Waals surface area contributed by atoms with Gasteiger partial charge in [-0.05, 0) is 279 Å². The maximum absolute atomic E-state index is 14.2. The Bertz CT molecular complexity index is 5150. The summed E-state index contributed by atoms with van der Waals surface area (Å²) in [6, 6.07) is 32.1. The first-order valence-corrected chi connectivity index (χ1v) is 50.9. The molecule has 742 valence electrons. The second-order valence-corrected chi connectivity index (χ2v) is 44.6. The smallest absolute Gasteiger partial charge is 0.410 e. The number of nitrogens with one attached hydrogen (secondary N) is 2. The lowest BCUT2D eigenvalue weighted by atomic mass is 9.67. The minimum atomic E-state index is -0.810. The average molecular weight is 2030 g/mol. The molecule has 0 bridgehead atoms. The number of nitrogens with zero attached hydrogens (tertiary/aromatic N) is 21. The lowest BCUT2D eigenvalue weighted by Gasteiger charge is -2.52. The van der Waals surface area contributed by atoms with Gasteiger partial charge >= 0.3 is 30.3 Å². The van der Waals surface area contributed by atoms with E-state index in [2.05, 4.69) is 245 Å². The molecule has 3 spiro atoms. The molecule has 12 fully saturated rings. The third kappa shape index (κ3) is 23.2. The second kappa shape index (κ2) is 42.2. The zero-order chi connectivity index (χ0) is 97.6. The van der Waals surface area contributed by atoms with Crippen LogP contribution < -0.4 is 35.1 Å². The van der Waals surface area contributed by atoms with Gasteiger partial charge in [0, 0.05) is 126 Å². The molecule has 6 saturated heterocycles. The Balaban J connectivity index is 0.000000140. The largest absolute Gasteiger partial charge is 0.444 e. The second-order valence-electron chi connectivity index (χ2n) is 42.4. The van der Waals surface area contributed by atoms with E-state index in [0.29, 0.717) is 115 Å². The highest BCUT2D eigenvalue weighted by Crippen LogP contribution is 2.55. The first-order chi connectivity index (χ1) is 65.2. The number of aliphatic hydroxyl groups is 3. The Morgan fingerprint density at radius 2 is 0.693 bits per heavy atom. The van der Waals surface area contributed by atoms with Gasteiger partial charge in [0.1, 0.15) is 11.2 Å². The third-order valence-corrected chi connectivity index (χ3v) is 32.0. The molecule has 0 unspecified atom stereocenters. The van der Waals surface area contributed by atoms with Crippen molar-refractivity contribution in [3.63, 3.8) is 0 Å². The number of anilines is 5. The van der Waals surface area contributed by atoms with Gasteiger partial charge in [0.25, 0.3) is 0 Å². The third-order valence-electron chi connectivity index (χ3n) is 31.0. The number of rotatable bonds is 17. The van der Waals surface area contributed by atoms with Crippen molar-refractivity contribution in [1.82, 2.24) is 89.7 Å². The molecule has 6 saturated carbocycles. The van der Waals surface area contributed by atoms with Crippen molar-refractivity contribution in [1.29, 1.82) is 0 Å². The number of carbonyl (C=O) groups is 5. The number of hydrogen-bond donors (Lipinski definition) is 5. The molecule has 5 N–H and O–H groups in total. The Kier molecular flexibility index (Phi) is 31.5. The van der Waals surface area contributed by atoms with Crippen LogP contribution in [0.1, 0.15) is 193 Å². The predicted octanol–water partition coefficient (Wildman–Crippen LogP) is 14.2. The zero-order valence-electron chi connectivity index (χ0n) is 82.1. The number of piperazine rings is 3. The van der Waals surface area contributed by atoms with Gasteiger partial charge in [0.15, 0.2) is 0 Å². The van der Waals surface area contributed by atoms with Crippen LogP contribution in [-0.2, 0) is 26.1 Å². The van der Waals surface area contributed by atoms with Crippen LogP contribution in [0, 0.1) is 0 Å². The predicted molar refractivity (Wildman–Crippen MR) is 538 cm³/mol. The Labute approximate surface area is 829 Å². The first kappa shape index (κ1) is 102. The zero-order valence-corrected chi connectivity index (χ0v) is 86.0. The molecule has 8 amide bonds. The molecule has 0 atom stereocenters. The molecule has 19 rings (SSSR count). The summed E-state index contributed by atoms with van der Waals surface area (Å²) in [5.74, 6) is 1.99. The highest BCUT2D eigenvalue weighted by atomic mass is 79.9. The standard InChI is InChI=1S/C34H49N7O4.C29H41N7O2.C21H31N3O2.C13H19BrN4O2.C4H2BrClN2/c1-31(2,3)45-30(43)39-20-18-38(19-21-39)28-35-22-27(23-36-28)40-24-32(41(29(40)42)25-33(44)12-9-13-33)14-16-34(17-15-32,37(4)5)26-10-7-6-8-11-26;1-33(2)29(23-7-4-3-5-8-23)13-11-27(12-14-29)21-35(26(37)36(27)22-28(38)9-6-10-28)24-19-31-25(32-20-24)34-17-15-30-16-18-34;1-23(2)21(17-7-4-3-5-8-17)13-11-19(12-14-21)15-22-18(25)24(19)16-20(26)9-6-10-20;1-13(2,3)20-12(19)18-6-4-17(5-7-18)11-15-8-10(14)9-16-11;5-3-1-7-4(6)8-2-3/h6-8,10-11,22-23,44H,9,12-21,24-25H2,1-5H3;3-5,7-8,19-20,30,38H,6,9-18,21-22H2,1-2H3;3-5,7-8,26H,6,9-16H2,1-2H3,(H,22,25);8-9H,4-7H2,1-3H3;1-2H. The van der Waals surface area contributed by atoms with E-state index in [0.717, 1.165) is 176 Å². The molecular formula is C101H142Br2ClN23O10. The van der Waals surface area contributed by atoms with Crippen molar-refractivity contribution in [3.05, 3.63) is 171 Å². The van der Waals surface area contributed by atoms with Gasteiger partial charge in [-0.1, -0.05) is 91.0 Å². The molecule has 12 aliphatic rings. The highest BCUT2D eigenvalue weighted by Gasteiger charge is 2.60. The number of amides is 8. The molecule has 10 heterocycles. The van der Waals surface area contributed by atoms with Gasteiger partial charge in [-0.25, -0.2) is 63.8 Å². The summed E-state index contributed by atoms with van der Waals surface area (Å²) in [5.41, 5.74) is 1.24. The molecule has 7 aromatic rings. The van der Waals surface area contributed by atoms with Gasteiger partial charge in [0.2, 0.25) is 23.1 Å². The fourth-order valence-electron chi connectivity index (χ4n) is 22.1. The van der Waals surface area contributed by atoms with E-state index < -0.39 is 28.0 Å². The molecule has 6 aliphatic heterocycles. The van der Waals surface area contributed by atoms with Crippen LogP contribution in [0.2, 0.25) is 5.28 Å². The van der Waals surface area contributed by atoms with E-state index in [4.69, 9.17) is 21.1 Å². The number of β-amino-alcohol motifs (C(OH)–C–C–N with tert-alkyl or cyclic N) is 3. The van der Waals surface area contributed by atoms with Crippen LogP contribution in [0.25, 0.3) is 0 Å². The SMILES string of the molecule is CC(C)(C)OC(=O)N1CCN(c2ncc(Br)cn2)CC1.CN(C)C1(c2ccccc2)CCC2(CC1)CN(c1cnc(N3CCN(C(=O)OC(C)(C)C)CC3)nc1)C(=O)N2CC1(O)CCC1.CN(C)C1(c2ccccc2)CCC2(CC1)CN(c1cnc(N3CCNCC3)nc1)C(=O)N2CC1(O)CCC1.CN(C)C1(c2ccccc2)CCC2(CC1)CNC(=O)N2CC1(O)CCC1.Clc1ncc(Br)cn1. The van der Waals surface area contributed by atoms with Crippen LogP contribution in [0.15, 0.2) is 150 Å². The van der Waals surface area contributed by atoms with Crippen molar-refractivity contribution in [2.24, 2.45) is 0 Å². The molecule has 137 heavy (non-hydrogen) atoms. The fraction of sp³-hybridized carbons (Fsp3) is 0.614. The maximum atomic E-state index is 14.2. The molecule has 3 aromatic carbocycles. The van der Waals surface area contributed by atoms with Crippen molar-refractivity contribution < 1.29 is 48.8 Å². The van der Waals surface area contributed by atoms with Crippen LogP contribution in [0.4, 0.5) is 53.2 Å². The summed E-state index contributed by atoms with van der Waals surface area (Å²) >= 11 is 11.8. The normalized spacial score (nSPS) is 26.2. The number of ether oxygens (including phenoxy) is 2. The summed E-state index contributed by atoms with van der Waals surface area (Å²) in [4.78, 5) is 126. The van der Waals surface area contributed by atoms with Gasteiger partial charge in [-0.3, -0.25) is 24.5 Å². The van der Waals surface area contributed by atoms with E-state index in [9.17, 15) is 39.3 Å². The highest BCUT2D eigenvalue weighted by molar-refractivity contribution is 9.10. The Morgan fingerprint density at radius 1 is 0.401 bits per heavy atom. The Hall–Kier alpha value is -9.30. The lowest BCUT2D eigenvalue weighted by Crippen LogP contribution is -2.59. The van der Waals surface area contributed by atoms with E-state index in [1.807, 2.05) is 66.0 Å². The quantitative estimate of drug-likeness (QED) is 0.0529. The van der Waals surface area contributed by atoms with Gasteiger partial charge in [-0.15, -0.1) is 0 Å². The summed E-state index contributed by atoms with van der Waals surface area (Å²) in [6.07, 6.45) is 32.1. The van der Waals surface area contributed by atoms with E-state index in [1.165, 1.54) is 16.7 Å². The van der Waals surface area contributed by atoms with Crippen LogP contribution in [-0.4, -0.2) is 329 Å². The molecular weight excluding hydrogens is 1890 g/mol.